The molecule has 5 aromatic rings. The molecule has 1 atom stereocenters. The second kappa shape index (κ2) is 5.94. The lowest BCUT2D eigenvalue weighted by Crippen LogP contribution is -2.21. The molecule has 3 nitrogen and oxygen atoms in total. The van der Waals surface area contributed by atoms with Gasteiger partial charge in [0.05, 0.1) is 11.4 Å². The van der Waals surface area contributed by atoms with Gasteiger partial charge in [-0.2, -0.15) is 0 Å². The first-order valence-electron chi connectivity index (χ1n) is 12.1. The summed E-state index contributed by atoms with van der Waals surface area (Å²) in [6, 6.07) is 32.1. The average Bonchev–Trinajstić information content (AvgIpc) is 3.43. The molecule has 0 N–H and O–H groups in total. The predicted octanol–water partition coefficient (Wildman–Crippen LogP) is 8.82. The van der Waals surface area contributed by atoms with Crippen molar-refractivity contribution in [3.8, 4) is 45.3 Å². The summed E-state index contributed by atoms with van der Waals surface area (Å²) < 4.78 is 13.4. The van der Waals surface area contributed by atoms with Crippen molar-refractivity contribution in [2.75, 3.05) is 4.90 Å². The average molecular weight is 450 g/mol. The fourth-order valence-corrected chi connectivity index (χ4v) is 6.71. The molecule has 0 saturated heterocycles. The van der Waals surface area contributed by atoms with Gasteiger partial charge in [-0.05, 0) is 70.1 Å². The summed E-state index contributed by atoms with van der Waals surface area (Å²) >= 11 is 0. The van der Waals surface area contributed by atoms with E-state index in [1.165, 1.54) is 44.5 Å². The van der Waals surface area contributed by atoms with Crippen LogP contribution in [0.5, 0.6) is 23.0 Å². The second-order valence-electron chi connectivity index (χ2n) is 9.68. The molecule has 0 spiro atoms. The Balaban J connectivity index is 1.44. The molecule has 3 heteroatoms. The van der Waals surface area contributed by atoms with E-state index in [4.69, 9.17) is 9.47 Å². The zero-order valence-corrected chi connectivity index (χ0v) is 19.0. The summed E-state index contributed by atoms with van der Waals surface area (Å²) in [7, 11) is 0. The number of hydrogen-bond acceptors (Lipinski definition) is 3. The van der Waals surface area contributed by atoms with E-state index in [1.807, 2.05) is 12.1 Å². The molecule has 0 radical (unpaired) electrons. The van der Waals surface area contributed by atoms with Crippen LogP contribution in [0, 0.1) is 6.92 Å². The van der Waals surface area contributed by atoms with Crippen molar-refractivity contribution in [3.63, 3.8) is 0 Å². The van der Waals surface area contributed by atoms with Gasteiger partial charge in [0.15, 0.2) is 23.0 Å². The number of para-hydroxylation sites is 4. The third kappa shape index (κ3) is 1.97. The first-order valence-corrected chi connectivity index (χ1v) is 12.1. The highest BCUT2D eigenvalue weighted by atomic mass is 16.5. The van der Waals surface area contributed by atoms with Crippen LogP contribution in [0.25, 0.3) is 22.3 Å². The van der Waals surface area contributed by atoms with Gasteiger partial charge in [0.2, 0.25) is 0 Å². The van der Waals surface area contributed by atoms with Crippen molar-refractivity contribution in [3.05, 3.63) is 113 Å². The zero-order valence-electron chi connectivity index (χ0n) is 19.0. The molecule has 4 aliphatic rings. The first-order chi connectivity index (χ1) is 17.3. The smallest absolute Gasteiger partial charge is 0.163 e. The standard InChI is InChI=1S/C32H19NO2/c1-17-26-28-20-10-3-2-9-18(20)19-11-8-12-21(27(19)28)29(26)32-30-31(17)34-24-15-6-4-13-22(24)33(30)23-14-5-7-16-25(23)35-32/h2-16,28H,1H3. The van der Waals surface area contributed by atoms with Gasteiger partial charge in [0, 0.05) is 11.5 Å². The van der Waals surface area contributed by atoms with Gasteiger partial charge in [0.1, 0.15) is 5.69 Å². The quantitative estimate of drug-likeness (QED) is 0.231. The Kier molecular flexibility index (Phi) is 3.04. The number of nitrogens with zero attached hydrogens (tertiary/aromatic N) is 1. The van der Waals surface area contributed by atoms with Crippen LogP contribution in [0.2, 0.25) is 0 Å². The van der Waals surface area contributed by atoms with Crippen LogP contribution < -0.4 is 14.4 Å². The molecule has 2 aliphatic heterocycles. The fraction of sp³-hybridized carbons (Fsp3) is 0.0625. The summed E-state index contributed by atoms with van der Waals surface area (Å²) in [5, 5.41) is 0. The van der Waals surface area contributed by atoms with Gasteiger partial charge in [0.25, 0.3) is 0 Å². The Hall–Kier alpha value is -4.50. The van der Waals surface area contributed by atoms with Gasteiger partial charge in [-0.15, -0.1) is 0 Å². The Bertz CT molecular complexity index is 1770. The van der Waals surface area contributed by atoms with Crippen LogP contribution >= 0.6 is 0 Å². The van der Waals surface area contributed by atoms with E-state index in [9.17, 15) is 0 Å². The maximum Gasteiger partial charge on any atom is 0.163 e. The van der Waals surface area contributed by atoms with E-state index in [1.54, 1.807) is 0 Å². The van der Waals surface area contributed by atoms with E-state index in [0.29, 0.717) is 0 Å². The van der Waals surface area contributed by atoms with Gasteiger partial charge < -0.3 is 9.47 Å². The van der Waals surface area contributed by atoms with E-state index in [0.717, 1.165) is 40.1 Å². The molecule has 164 valence electrons. The summed E-state index contributed by atoms with van der Waals surface area (Å²) in [5.41, 5.74) is 13.5. The second-order valence-corrected chi connectivity index (χ2v) is 9.68. The molecule has 9 rings (SSSR count). The number of fused-ring (bicyclic) bond motifs is 11. The van der Waals surface area contributed by atoms with Crippen LogP contribution in [0.15, 0.2) is 91.0 Å². The minimum atomic E-state index is 0.198. The third-order valence-electron chi connectivity index (χ3n) is 8.05. The summed E-state index contributed by atoms with van der Waals surface area (Å²) in [6.45, 7) is 2.22. The topological polar surface area (TPSA) is 21.7 Å². The molecule has 1 unspecified atom stereocenters. The first kappa shape index (κ1) is 17.9. The van der Waals surface area contributed by atoms with Crippen molar-refractivity contribution in [2.45, 2.75) is 12.8 Å². The van der Waals surface area contributed by atoms with Gasteiger partial charge in [-0.3, -0.25) is 4.90 Å². The SMILES string of the molecule is Cc1c2c3c(c4c1C1c5ccccc5-c5cccc-4c51)Oc1ccccc1N3c1ccccc1O2. The van der Waals surface area contributed by atoms with Crippen molar-refractivity contribution >= 4 is 17.1 Å². The lowest BCUT2D eigenvalue weighted by molar-refractivity contribution is 0.444. The van der Waals surface area contributed by atoms with Gasteiger partial charge >= 0.3 is 0 Å². The normalized spacial score (nSPS) is 16.3. The number of rotatable bonds is 0. The van der Waals surface area contributed by atoms with Crippen LogP contribution in [-0.2, 0) is 0 Å². The molecule has 0 aromatic heterocycles. The highest BCUT2D eigenvalue weighted by molar-refractivity contribution is 6.04. The summed E-state index contributed by atoms with van der Waals surface area (Å²) in [6.07, 6.45) is 0. The van der Waals surface area contributed by atoms with Crippen molar-refractivity contribution in [2.24, 2.45) is 0 Å². The maximum absolute atomic E-state index is 6.77. The largest absolute Gasteiger partial charge is 0.453 e. The molecule has 5 aromatic carbocycles. The molecule has 0 saturated carbocycles. The molecular weight excluding hydrogens is 430 g/mol. The van der Waals surface area contributed by atoms with Crippen LogP contribution in [-0.4, -0.2) is 0 Å². The number of hydrogen-bond donors (Lipinski definition) is 0. The van der Waals surface area contributed by atoms with Gasteiger partial charge in [-0.1, -0.05) is 66.7 Å². The fourth-order valence-electron chi connectivity index (χ4n) is 6.71. The molecule has 35 heavy (non-hydrogen) atoms. The molecule has 2 heterocycles. The summed E-state index contributed by atoms with van der Waals surface area (Å²) in [4.78, 5) is 2.33. The Labute approximate surface area is 202 Å². The maximum atomic E-state index is 6.77. The zero-order chi connectivity index (χ0) is 22.8. The van der Waals surface area contributed by atoms with Crippen molar-refractivity contribution in [1.82, 2.24) is 0 Å². The molecule has 0 amide bonds. The monoisotopic (exact) mass is 449 g/mol. The van der Waals surface area contributed by atoms with Crippen LogP contribution in [0.1, 0.15) is 28.2 Å². The highest BCUT2D eigenvalue weighted by Crippen LogP contribution is 2.69. The molecule has 0 fully saturated rings. The van der Waals surface area contributed by atoms with Crippen LogP contribution in [0.3, 0.4) is 0 Å². The Morgan fingerprint density at radius 3 is 2.03 bits per heavy atom. The summed E-state index contributed by atoms with van der Waals surface area (Å²) in [5.74, 6) is 3.73. The van der Waals surface area contributed by atoms with Gasteiger partial charge in [-0.25, -0.2) is 0 Å². The van der Waals surface area contributed by atoms with Crippen molar-refractivity contribution in [1.29, 1.82) is 0 Å². The number of anilines is 3. The predicted molar refractivity (Wildman–Crippen MR) is 138 cm³/mol. The number of benzene rings is 5. The third-order valence-corrected chi connectivity index (χ3v) is 8.05. The number of ether oxygens (including phenoxy) is 2. The molecule has 0 bridgehead atoms. The minimum absolute atomic E-state index is 0.198. The minimum Gasteiger partial charge on any atom is -0.453 e. The highest BCUT2D eigenvalue weighted by Gasteiger charge is 2.46. The lowest BCUT2D eigenvalue weighted by Gasteiger charge is -2.39. The Morgan fingerprint density at radius 2 is 1.23 bits per heavy atom. The van der Waals surface area contributed by atoms with E-state index in [-0.39, 0.29) is 5.92 Å². The van der Waals surface area contributed by atoms with E-state index < -0.39 is 0 Å². The van der Waals surface area contributed by atoms with Crippen molar-refractivity contribution < 1.29 is 9.47 Å². The molecule has 2 aliphatic carbocycles. The van der Waals surface area contributed by atoms with E-state index >= 15 is 0 Å². The lowest BCUT2D eigenvalue weighted by atomic mass is 9.87. The van der Waals surface area contributed by atoms with E-state index in [2.05, 4.69) is 90.7 Å². The Morgan fingerprint density at radius 1 is 0.600 bits per heavy atom. The molecular formula is C32H19NO2. The van der Waals surface area contributed by atoms with Crippen LogP contribution in [0.4, 0.5) is 17.1 Å².